The highest BCUT2D eigenvalue weighted by atomic mass is 32.1. The van der Waals surface area contributed by atoms with E-state index in [-0.39, 0.29) is 11.0 Å². The van der Waals surface area contributed by atoms with Crippen LogP contribution in [0.3, 0.4) is 0 Å². The molecule has 0 spiro atoms. The van der Waals surface area contributed by atoms with Gasteiger partial charge in [-0.2, -0.15) is 0 Å². The van der Waals surface area contributed by atoms with E-state index < -0.39 is 0 Å². The van der Waals surface area contributed by atoms with Gasteiger partial charge < -0.3 is 10.6 Å². The van der Waals surface area contributed by atoms with Gasteiger partial charge in [-0.05, 0) is 61.5 Å². The van der Waals surface area contributed by atoms with Crippen molar-refractivity contribution in [1.82, 2.24) is 5.32 Å². The molecule has 21 heavy (non-hydrogen) atoms. The Morgan fingerprint density at radius 1 is 1.05 bits per heavy atom. The van der Waals surface area contributed by atoms with Crippen molar-refractivity contribution in [3.63, 3.8) is 0 Å². The van der Waals surface area contributed by atoms with E-state index in [1.165, 1.54) is 11.1 Å². The lowest BCUT2D eigenvalue weighted by atomic mass is 9.84. The second-order valence-corrected chi connectivity index (χ2v) is 8.45. The molecule has 1 aromatic rings. The lowest BCUT2D eigenvalue weighted by Crippen LogP contribution is -2.43. The summed E-state index contributed by atoms with van der Waals surface area (Å²) in [5.74, 6) is 0.503. The van der Waals surface area contributed by atoms with E-state index in [9.17, 15) is 0 Å². The molecule has 0 heterocycles. The molecule has 1 aromatic carbocycles. The van der Waals surface area contributed by atoms with Crippen LogP contribution < -0.4 is 10.6 Å². The highest BCUT2D eigenvalue weighted by molar-refractivity contribution is 7.80. The summed E-state index contributed by atoms with van der Waals surface area (Å²) in [5.41, 5.74) is 3.75. The largest absolute Gasteiger partial charge is 0.358 e. The maximum atomic E-state index is 5.45. The maximum Gasteiger partial charge on any atom is 0.171 e. The Bertz CT molecular complexity index is 505. The number of anilines is 1. The Kier molecular flexibility index (Phi) is 5.43. The number of benzene rings is 1. The Labute approximate surface area is 135 Å². The minimum Gasteiger partial charge on any atom is -0.358 e. The highest BCUT2D eigenvalue weighted by Gasteiger charge is 2.20. The molecule has 1 rings (SSSR count). The van der Waals surface area contributed by atoms with Gasteiger partial charge in [-0.15, -0.1) is 0 Å². The smallest absolute Gasteiger partial charge is 0.171 e. The lowest BCUT2D eigenvalue weighted by molar-refractivity contribution is 0.514. The van der Waals surface area contributed by atoms with Crippen LogP contribution in [0.25, 0.3) is 0 Å². The fraction of sp³-hybridized carbons (Fsp3) is 0.611. The van der Waals surface area contributed by atoms with Crippen molar-refractivity contribution < 1.29 is 0 Å². The van der Waals surface area contributed by atoms with Crippen molar-refractivity contribution in [3.05, 3.63) is 29.3 Å². The van der Waals surface area contributed by atoms with E-state index in [4.69, 9.17) is 12.2 Å². The first-order chi connectivity index (χ1) is 9.40. The SMILES string of the molecule is CC(C)c1ccc(C(C)(C)C)c(NC(=S)NC(C)(C)C)c1. The van der Waals surface area contributed by atoms with Crippen molar-refractivity contribution in [2.75, 3.05) is 5.32 Å². The van der Waals surface area contributed by atoms with Gasteiger partial charge in [-0.3, -0.25) is 0 Å². The molecule has 0 radical (unpaired) electrons. The van der Waals surface area contributed by atoms with Gasteiger partial charge in [0.25, 0.3) is 0 Å². The molecule has 0 aliphatic carbocycles. The molecule has 0 amide bonds. The lowest BCUT2D eigenvalue weighted by Gasteiger charge is -2.27. The summed E-state index contributed by atoms with van der Waals surface area (Å²) in [6, 6.07) is 6.66. The third-order valence-electron chi connectivity index (χ3n) is 3.26. The van der Waals surface area contributed by atoms with Crippen molar-refractivity contribution in [3.8, 4) is 0 Å². The molecular weight excluding hydrogens is 276 g/mol. The van der Waals surface area contributed by atoms with E-state index in [0.717, 1.165) is 5.69 Å². The topological polar surface area (TPSA) is 24.1 Å². The van der Waals surface area contributed by atoms with E-state index in [1.54, 1.807) is 0 Å². The number of hydrogen-bond acceptors (Lipinski definition) is 1. The van der Waals surface area contributed by atoms with Crippen LogP contribution in [0.4, 0.5) is 5.69 Å². The minimum absolute atomic E-state index is 0.0400. The summed E-state index contributed by atoms with van der Waals surface area (Å²) in [6.07, 6.45) is 0. The number of hydrogen-bond donors (Lipinski definition) is 2. The summed E-state index contributed by atoms with van der Waals surface area (Å²) in [5, 5.41) is 7.38. The van der Waals surface area contributed by atoms with Gasteiger partial charge in [0.2, 0.25) is 0 Å². The second-order valence-electron chi connectivity index (χ2n) is 8.04. The monoisotopic (exact) mass is 306 g/mol. The molecule has 0 aliphatic rings. The molecule has 0 fully saturated rings. The quantitative estimate of drug-likeness (QED) is 0.735. The van der Waals surface area contributed by atoms with Gasteiger partial charge in [-0.1, -0.05) is 46.8 Å². The zero-order chi connectivity index (χ0) is 16.4. The molecule has 0 aliphatic heterocycles. The first-order valence-electron chi connectivity index (χ1n) is 7.64. The van der Waals surface area contributed by atoms with Gasteiger partial charge in [0, 0.05) is 11.2 Å². The van der Waals surface area contributed by atoms with Crippen LogP contribution in [0.1, 0.15) is 72.4 Å². The average Bonchev–Trinajstić information content (AvgIpc) is 2.24. The summed E-state index contributed by atoms with van der Waals surface area (Å²) in [7, 11) is 0. The Morgan fingerprint density at radius 2 is 1.62 bits per heavy atom. The highest BCUT2D eigenvalue weighted by Crippen LogP contribution is 2.32. The molecule has 0 saturated heterocycles. The number of nitrogens with one attached hydrogen (secondary N) is 2. The normalized spacial score (nSPS) is 12.4. The Balaban J connectivity index is 3.12. The minimum atomic E-state index is -0.0400. The Hall–Kier alpha value is -1.09. The molecule has 0 unspecified atom stereocenters. The maximum absolute atomic E-state index is 5.45. The van der Waals surface area contributed by atoms with Gasteiger partial charge >= 0.3 is 0 Å². The Morgan fingerprint density at radius 3 is 2.05 bits per heavy atom. The zero-order valence-electron chi connectivity index (χ0n) is 14.7. The fourth-order valence-corrected chi connectivity index (χ4v) is 2.59. The predicted molar refractivity (Wildman–Crippen MR) is 98.3 cm³/mol. The van der Waals surface area contributed by atoms with Crippen LogP contribution in [0.15, 0.2) is 18.2 Å². The van der Waals surface area contributed by atoms with E-state index in [1.807, 2.05) is 0 Å². The third kappa shape index (κ3) is 5.66. The van der Waals surface area contributed by atoms with Crippen molar-refractivity contribution >= 4 is 23.0 Å². The zero-order valence-corrected chi connectivity index (χ0v) is 15.5. The first kappa shape index (κ1) is 18.0. The van der Waals surface area contributed by atoms with E-state index in [2.05, 4.69) is 84.2 Å². The van der Waals surface area contributed by atoms with Crippen molar-refractivity contribution in [2.24, 2.45) is 0 Å². The predicted octanol–water partition coefficient (Wildman–Crippen LogP) is 5.19. The van der Waals surface area contributed by atoms with E-state index in [0.29, 0.717) is 11.0 Å². The van der Waals surface area contributed by atoms with Crippen LogP contribution in [-0.2, 0) is 5.41 Å². The molecule has 3 heteroatoms. The summed E-state index contributed by atoms with van der Waals surface area (Å²) >= 11 is 5.45. The second kappa shape index (κ2) is 6.35. The van der Waals surface area contributed by atoms with Crippen LogP contribution in [0, 0.1) is 0 Å². The van der Waals surface area contributed by atoms with Crippen LogP contribution in [0.5, 0.6) is 0 Å². The van der Waals surface area contributed by atoms with Crippen LogP contribution in [-0.4, -0.2) is 10.7 Å². The molecule has 2 N–H and O–H groups in total. The van der Waals surface area contributed by atoms with Gasteiger partial charge in [0.1, 0.15) is 0 Å². The molecule has 2 nitrogen and oxygen atoms in total. The van der Waals surface area contributed by atoms with Gasteiger partial charge in [0.05, 0.1) is 0 Å². The molecule has 0 aromatic heterocycles. The first-order valence-corrected chi connectivity index (χ1v) is 8.04. The summed E-state index contributed by atoms with van der Waals surface area (Å²) in [4.78, 5) is 0. The van der Waals surface area contributed by atoms with Crippen LogP contribution >= 0.6 is 12.2 Å². The molecule has 0 bridgehead atoms. The third-order valence-corrected chi connectivity index (χ3v) is 3.46. The summed E-state index contributed by atoms with van der Waals surface area (Å²) < 4.78 is 0. The van der Waals surface area contributed by atoms with Crippen molar-refractivity contribution in [2.45, 2.75) is 72.3 Å². The fourth-order valence-electron chi connectivity index (χ4n) is 2.17. The standard InChI is InChI=1S/C18H30N2S/c1-12(2)13-9-10-14(17(3,4)5)15(11-13)19-16(21)20-18(6,7)8/h9-12H,1-8H3,(H2,19,20,21). The molecule has 0 saturated carbocycles. The molecular formula is C18H30N2S. The number of rotatable bonds is 2. The molecule has 0 atom stereocenters. The average molecular weight is 307 g/mol. The van der Waals surface area contributed by atoms with E-state index >= 15 is 0 Å². The van der Waals surface area contributed by atoms with Gasteiger partial charge in [0.15, 0.2) is 5.11 Å². The number of thiocarbonyl (C=S) groups is 1. The van der Waals surface area contributed by atoms with Crippen molar-refractivity contribution in [1.29, 1.82) is 0 Å². The van der Waals surface area contributed by atoms with Crippen LogP contribution in [0.2, 0.25) is 0 Å². The van der Waals surface area contributed by atoms with Gasteiger partial charge in [-0.25, -0.2) is 0 Å². The summed E-state index contributed by atoms with van der Waals surface area (Å²) in [6.45, 7) is 17.4. The molecule has 118 valence electrons.